The van der Waals surface area contributed by atoms with Gasteiger partial charge in [0, 0.05) is 19.2 Å². The highest BCUT2D eigenvalue weighted by atomic mass is 35.5. The second kappa shape index (κ2) is 5.24. The molecule has 0 atom stereocenters. The number of halogens is 1. The van der Waals surface area contributed by atoms with Crippen molar-refractivity contribution in [1.82, 2.24) is 9.78 Å². The Morgan fingerprint density at radius 3 is 2.72 bits per heavy atom. The highest BCUT2D eigenvalue weighted by molar-refractivity contribution is 7.12. The number of hydrogen-bond donors (Lipinski definition) is 0. The summed E-state index contributed by atoms with van der Waals surface area (Å²) in [6, 6.07) is 1.76. The number of aromatic nitrogens is 2. The van der Waals surface area contributed by atoms with E-state index in [1.54, 1.807) is 6.07 Å². The van der Waals surface area contributed by atoms with E-state index in [-0.39, 0.29) is 5.78 Å². The molecule has 96 valence electrons. The standard InChI is InChI=1S/C13H15ClN2OS/c1-8-10(9(2)16(3)15-8)4-5-12(17)13-11(14)6-7-18-13/h6-7H,4-5H2,1-3H3. The molecular formula is C13H15ClN2OS. The summed E-state index contributed by atoms with van der Waals surface area (Å²) in [4.78, 5) is 12.7. The van der Waals surface area contributed by atoms with E-state index in [0.29, 0.717) is 16.3 Å². The summed E-state index contributed by atoms with van der Waals surface area (Å²) in [6.45, 7) is 4.00. The Labute approximate surface area is 115 Å². The van der Waals surface area contributed by atoms with Crippen molar-refractivity contribution in [1.29, 1.82) is 0 Å². The van der Waals surface area contributed by atoms with Gasteiger partial charge in [0.05, 0.1) is 15.6 Å². The Balaban J connectivity index is 2.09. The first kappa shape index (κ1) is 13.3. The monoisotopic (exact) mass is 282 g/mol. The number of Topliss-reactive ketones (excluding diaryl/α,β-unsaturated/α-hetero) is 1. The van der Waals surface area contributed by atoms with Gasteiger partial charge in [-0.15, -0.1) is 11.3 Å². The largest absolute Gasteiger partial charge is 0.293 e. The summed E-state index contributed by atoms with van der Waals surface area (Å²) in [6.07, 6.45) is 1.20. The fourth-order valence-electron chi connectivity index (χ4n) is 2.02. The molecule has 0 aliphatic rings. The number of ketones is 1. The van der Waals surface area contributed by atoms with Crippen LogP contribution in [0.3, 0.4) is 0 Å². The zero-order valence-corrected chi connectivity index (χ0v) is 12.2. The minimum Gasteiger partial charge on any atom is -0.293 e. The van der Waals surface area contributed by atoms with E-state index in [2.05, 4.69) is 5.10 Å². The molecule has 0 spiro atoms. The summed E-state index contributed by atoms with van der Waals surface area (Å²) in [7, 11) is 1.92. The number of carbonyl (C=O) groups is 1. The molecule has 0 aliphatic carbocycles. The van der Waals surface area contributed by atoms with Crippen LogP contribution in [0.4, 0.5) is 0 Å². The molecule has 0 fully saturated rings. The highest BCUT2D eigenvalue weighted by Gasteiger charge is 2.15. The fourth-order valence-corrected chi connectivity index (χ4v) is 3.16. The summed E-state index contributed by atoms with van der Waals surface area (Å²) in [5.41, 5.74) is 3.29. The quantitative estimate of drug-likeness (QED) is 0.804. The minimum absolute atomic E-state index is 0.109. The Morgan fingerprint density at radius 1 is 1.50 bits per heavy atom. The lowest BCUT2D eigenvalue weighted by Crippen LogP contribution is -2.01. The molecule has 0 saturated carbocycles. The number of carbonyl (C=O) groups excluding carboxylic acids is 1. The van der Waals surface area contributed by atoms with Gasteiger partial charge in [-0.1, -0.05) is 11.6 Å². The molecule has 0 bridgehead atoms. The molecule has 0 unspecified atom stereocenters. The van der Waals surface area contributed by atoms with Crippen LogP contribution < -0.4 is 0 Å². The van der Waals surface area contributed by atoms with Gasteiger partial charge >= 0.3 is 0 Å². The molecule has 0 aliphatic heterocycles. The van der Waals surface area contributed by atoms with E-state index in [1.807, 2.05) is 31.0 Å². The van der Waals surface area contributed by atoms with E-state index in [1.165, 1.54) is 16.9 Å². The van der Waals surface area contributed by atoms with E-state index < -0.39 is 0 Å². The van der Waals surface area contributed by atoms with Crippen molar-refractivity contribution in [3.05, 3.63) is 38.3 Å². The van der Waals surface area contributed by atoms with Gasteiger partial charge in [0.2, 0.25) is 0 Å². The average Bonchev–Trinajstić information content (AvgIpc) is 2.83. The number of thiophene rings is 1. The Bertz CT molecular complexity index is 586. The zero-order valence-electron chi connectivity index (χ0n) is 10.7. The van der Waals surface area contributed by atoms with Crippen molar-refractivity contribution in [3.63, 3.8) is 0 Å². The molecule has 0 N–H and O–H groups in total. The molecule has 3 nitrogen and oxygen atoms in total. The lowest BCUT2D eigenvalue weighted by Gasteiger charge is -2.01. The van der Waals surface area contributed by atoms with Crippen LogP contribution in [0.15, 0.2) is 11.4 Å². The van der Waals surface area contributed by atoms with Crippen molar-refractivity contribution in [3.8, 4) is 0 Å². The van der Waals surface area contributed by atoms with Gasteiger partial charge in [0.25, 0.3) is 0 Å². The first-order chi connectivity index (χ1) is 8.50. The Morgan fingerprint density at radius 2 is 2.22 bits per heavy atom. The van der Waals surface area contributed by atoms with Gasteiger partial charge in [-0.3, -0.25) is 9.48 Å². The third-order valence-corrected chi connectivity index (χ3v) is 4.51. The second-order valence-electron chi connectivity index (χ2n) is 4.29. The van der Waals surface area contributed by atoms with E-state index >= 15 is 0 Å². The van der Waals surface area contributed by atoms with Crippen molar-refractivity contribution in [2.45, 2.75) is 26.7 Å². The van der Waals surface area contributed by atoms with Gasteiger partial charge in [-0.05, 0) is 37.3 Å². The van der Waals surface area contributed by atoms with Crippen molar-refractivity contribution in [2.75, 3.05) is 0 Å². The van der Waals surface area contributed by atoms with E-state index in [9.17, 15) is 4.79 Å². The molecule has 0 amide bonds. The topological polar surface area (TPSA) is 34.9 Å². The molecule has 2 rings (SSSR count). The van der Waals surface area contributed by atoms with Crippen LogP contribution in [0.25, 0.3) is 0 Å². The normalized spacial score (nSPS) is 10.9. The predicted octanol–water partition coefficient (Wildman–Crippen LogP) is 3.57. The molecule has 0 saturated heterocycles. The van der Waals surface area contributed by atoms with Crippen LogP contribution in [-0.2, 0) is 13.5 Å². The van der Waals surface area contributed by atoms with Crippen LogP contribution in [-0.4, -0.2) is 15.6 Å². The molecule has 0 radical (unpaired) electrons. The van der Waals surface area contributed by atoms with Crippen LogP contribution in [0.5, 0.6) is 0 Å². The summed E-state index contributed by atoms with van der Waals surface area (Å²) < 4.78 is 1.85. The van der Waals surface area contributed by atoms with Crippen LogP contribution >= 0.6 is 22.9 Å². The molecule has 18 heavy (non-hydrogen) atoms. The maximum Gasteiger partial charge on any atom is 0.174 e. The first-order valence-electron chi connectivity index (χ1n) is 5.76. The van der Waals surface area contributed by atoms with E-state index in [4.69, 9.17) is 11.6 Å². The lowest BCUT2D eigenvalue weighted by atomic mass is 10.1. The van der Waals surface area contributed by atoms with Gasteiger partial charge < -0.3 is 0 Å². The Hall–Kier alpha value is -1.13. The summed E-state index contributed by atoms with van der Waals surface area (Å²) >= 11 is 7.36. The summed E-state index contributed by atoms with van der Waals surface area (Å²) in [5, 5.41) is 6.75. The van der Waals surface area contributed by atoms with Gasteiger partial charge in [-0.25, -0.2) is 0 Å². The summed E-state index contributed by atoms with van der Waals surface area (Å²) in [5.74, 6) is 0.109. The number of hydrogen-bond acceptors (Lipinski definition) is 3. The van der Waals surface area contributed by atoms with E-state index in [0.717, 1.165) is 17.8 Å². The molecule has 2 heterocycles. The number of aryl methyl sites for hydroxylation is 2. The average molecular weight is 283 g/mol. The third-order valence-electron chi connectivity index (χ3n) is 3.13. The molecular weight excluding hydrogens is 268 g/mol. The van der Waals surface area contributed by atoms with Gasteiger partial charge in [-0.2, -0.15) is 5.10 Å². The minimum atomic E-state index is 0.109. The van der Waals surface area contributed by atoms with Crippen LogP contribution in [0.2, 0.25) is 5.02 Å². The van der Waals surface area contributed by atoms with Crippen molar-refractivity contribution in [2.24, 2.45) is 7.05 Å². The Kier molecular flexibility index (Phi) is 3.88. The van der Waals surface area contributed by atoms with Crippen LogP contribution in [0.1, 0.15) is 33.0 Å². The molecule has 2 aromatic heterocycles. The zero-order chi connectivity index (χ0) is 13.3. The number of nitrogens with zero attached hydrogens (tertiary/aromatic N) is 2. The smallest absolute Gasteiger partial charge is 0.174 e. The fraction of sp³-hybridized carbons (Fsp3) is 0.385. The molecule has 2 aromatic rings. The predicted molar refractivity (Wildman–Crippen MR) is 74.7 cm³/mol. The SMILES string of the molecule is Cc1nn(C)c(C)c1CCC(=O)c1sccc1Cl. The van der Waals surface area contributed by atoms with Crippen molar-refractivity contribution >= 4 is 28.7 Å². The molecule has 0 aromatic carbocycles. The maximum atomic E-state index is 12.0. The highest BCUT2D eigenvalue weighted by Crippen LogP contribution is 2.24. The van der Waals surface area contributed by atoms with Gasteiger partial charge in [0.15, 0.2) is 5.78 Å². The van der Waals surface area contributed by atoms with Crippen molar-refractivity contribution < 1.29 is 4.79 Å². The van der Waals surface area contributed by atoms with Gasteiger partial charge in [0.1, 0.15) is 0 Å². The second-order valence-corrected chi connectivity index (χ2v) is 5.62. The lowest BCUT2D eigenvalue weighted by molar-refractivity contribution is 0.0987. The maximum absolute atomic E-state index is 12.0. The number of rotatable bonds is 4. The third kappa shape index (κ3) is 2.49. The molecule has 5 heteroatoms. The van der Waals surface area contributed by atoms with Crippen LogP contribution in [0, 0.1) is 13.8 Å². The first-order valence-corrected chi connectivity index (χ1v) is 7.01.